The highest BCUT2D eigenvalue weighted by Crippen LogP contribution is 2.20. The lowest BCUT2D eigenvalue weighted by Crippen LogP contribution is -2.51. The lowest BCUT2D eigenvalue weighted by atomic mass is 9.96. The standard InChI is InChI=1S/C14H26N2O3/c1-14(2,3)10-15(4)13(19)16-9-7-5-6-8-11(16)12(17)18/h11H,5-10H2,1-4H3,(H,17,18). The van der Waals surface area contributed by atoms with Gasteiger partial charge >= 0.3 is 12.0 Å². The number of carboxylic acid groups (broad SMARTS) is 1. The van der Waals surface area contributed by atoms with Crippen molar-refractivity contribution in [2.45, 2.75) is 52.5 Å². The van der Waals surface area contributed by atoms with Crippen molar-refractivity contribution in [1.29, 1.82) is 0 Å². The molecule has 110 valence electrons. The average molecular weight is 270 g/mol. The highest BCUT2D eigenvalue weighted by molar-refractivity contribution is 5.82. The van der Waals surface area contributed by atoms with E-state index in [-0.39, 0.29) is 11.4 Å². The summed E-state index contributed by atoms with van der Waals surface area (Å²) in [6.07, 6.45) is 3.32. The molecule has 5 nitrogen and oxygen atoms in total. The molecule has 1 aliphatic heterocycles. The van der Waals surface area contributed by atoms with Gasteiger partial charge in [0.15, 0.2) is 0 Å². The third-order valence-electron chi connectivity index (χ3n) is 3.32. The third-order valence-corrected chi connectivity index (χ3v) is 3.32. The van der Waals surface area contributed by atoms with Crippen LogP contribution < -0.4 is 0 Å². The summed E-state index contributed by atoms with van der Waals surface area (Å²) in [5.41, 5.74) is 0.00891. The van der Waals surface area contributed by atoms with E-state index >= 15 is 0 Å². The molecule has 1 aliphatic rings. The third kappa shape index (κ3) is 4.73. The Kier molecular flexibility index (Phi) is 5.20. The van der Waals surface area contributed by atoms with E-state index in [0.29, 0.717) is 19.5 Å². The van der Waals surface area contributed by atoms with Crippen molar-refractivity contribution in [3.8, 4) is 0 Å². The van der Waals surface area contributed by atoms with Gasteiger partial charge in [0.2, 0.25) is 0 Å². The molecule has 1 heterocycles. The number of nitrogens with zero attached hydrogens (tertiary/aromatic N) is 2. The van der Waals surface area contributed by atoms with Gasteiger partial charge in [-0.25, -0.2) is 9.59 Å². The predicted molar refractivity (Wildman–Crippen MR) is 74.1 cm³/mol. The summed E-state index contributed by atoms with van der Waals surface area (Å²) < 4.78 is 0. The monoisotopic (exact) mass is 270 g/mol. The second-order valence-electron chi connectivity index (χ2n) is 6.60. The predicted octanol–water partition coefficient (Wildman–Crippen LogP) is 2.41. The number of aliphatic carboxylic acids is 1. The maximum Gasteiger partial charge on any atom is 0.326 e. The number of hydrogen-bond donors (Lipinski definition) is 1. The van der Waals surface area contributed by atoms with Crippen LogP contribution in [0.15, 0.2) is 0 Å². The SMILES string of the molecule is CN(CC(C)(C)C)C(=O)N1CCCCCC1C(=O)O. The Labute approximate surface area is 115 Å². The summed E-state index contributed by atoms with van der Waals surface area (Å²) in [6.45, 7) is 7.36. The van der Waals surface area contributed by atoms with Gasteiger partial charge in [-0.1, -0.05) is 33.6 Å². The molecule has 0 bridgehead atoms. The Morgan fingerprint density at radius 3 is 2.42 bits per heavy atom. The lowest BCUT2D eigenvalue weighted by Gasteiger charge is -2.34. The molecular formula is C14H26N2O3. The van der Waals surface area contributed by atoms with E-state index in [1.54, 1.807) is 11.9 Å². The van der Waals surface area contributed by atoms with E-state index in [1.165, 1.54) is 4.90 Å². The van der Waals surface area contributed by atoms with Crippen LogP contribution in [0.1, 0.15) is 46.5 Å². The van der Waals surface area contributed by atoms with Gasteiger partial charge in [0.25, 0.3) is 0 Å². The summed E-state index contributed by atoms with van der Waals surface area (Å²) >= 11 is 0. The zero-order valence-corrected chi connectivity index (χ0v) is 12.5. The minimum Gasteiger partial charge on any atom is -0.480 e. The number of carboxylic acids is 1. The highest BCUT2D eigenvalue weighted by atomic mass is 16.4. The van der Waals surface area contributed by atoms with E-state index in [0.717, 1.165) is 19.3 Å². The minimum absolute atomic E-state index is 0.00891. The first-order valence-corrected chi connectivity index (χ1v) is 6.97. The Balaban J connectivity index is 2.78. The fourth-order valence-corrected chi connectivity index (χ4v) is 2.59. The largest absolute Gasteiger partial charge is 0.480 e. The number of likely N-dealkylation sites (tertiary alicyclic amines) is 1. The molecule has 0 aromatic rings. The zero-order valence-electron chi connectivity index (χ0n) is 12.5. The topological polar surface area (TPSA) is 60.9 Å². The molecule has 0 spiro atoms. The van der Waals surface area contributed by atoms with Crippen LogP contribution in [0.4, 0.5) is 4.79 Å². The van der Waals surface area contributed by atoms with E-state index in [4.69, 9.17) is 0 Å². The number of amides is 2. The number of rotatable bonds is 2. The smallest absolute Gasteiger partial charge is 0.326 e. The van der Waals surface area contributed by atoms with E-state index < -0.39 is 12.0 Å². The number of urea groups is 1. The van der Waals surface area contributed by atoms with Crippen molar-refractivity contribution >= 4 is 12.0 Å². The summed E-state index contributed by atoms with van der Waals surface area (Å²) in [6, 6.07) is -0.832. The van der Waals surface area contributed by atoms with Gasteiger partial charge in [0.05, 0.1) is 0 Å². The number of hydrogen-bond acceptors (Lipinski definition) is 2. The van der Waals surface area contributed by atoms with Gasteiger partial charge in [-0.2, -0.15) is 0 Å². The van der Waals surface area contributed by atoms with Gasteiger partial charge < -0.3 is 14.9 Å². The molecule has 0 aromatic carbocycles. The Bertz CT molecular complexity index is 336. The fraction of sp³-hybridized carbons (Fsp3) is 0.857. The molecule has 0 aromatic heterocycles. The second-order valence-corrected chi connectivity index (χ2v) is 6.60. The summed E-state index contributed by atoms with van der Waals surface area (Å²) in [7, 11) is 1.75. The van der Waals surface area contributed by atoms with Crippen LogP contribution in [-0.4, -0.2) is 53.1 Å². The Hall–Kier alpha value is -1.26. The first-order valence-electron chi connectivity index (χ1n) is 6.97. The number of carbonyl (C=O) groups excluding carboxylic acids is 1. The van der Waals surface area contributed by atoms with E-state index in [1.807, 2.05) is 0 Å². The molecule has 2 amide bonds. The van der Waals surface area contributed by atoms with Crippen molar-refractivity contribution in [3.05, 3.63) is 0 Å². The Morgan fingerprint density at radius 2 is 1.89 bits per heavy atom. The van der Waals surface area contributed by atoms with Crippen molar-refractivity contribution < 1.29 is 14.7 Å². The maximum absolute atomic E-state index is 12.4. The van der Waals surface area contributed by atoms with Gasteiger partial charge in [-0.3, -0.25) is 0 Å². The van der Waals surface area contributed by atoms with Gasteiger partial charge in [0, 0.05) is 20.1 Å². The van der Waals surface area contributed by atoms with Crippen LogP contribution in [0.2, 0.25) is 0 Å². The first kappa shape index (κ1) is 15.8. The molecule has 1 atom stereocenters. The maximum atomic E-state index is 12.4. The molecule has 0 saturated carbocycles. The fourth-order valence-electron chi connectivity index (χ4n) is 2.59. The molecule has 1 fully saturated rings. The second kappa shape index (κ2) is 6.26. The van der Waals surface area contributed by atoms with Crippen molar-refractivity contribution in [2.24, 2.45) is 5.41 Å². The molecule has 0 aliphatic carbocycles. The summed E-state index contributed by atoms with van der Waals surface area (Å²) in [5, 5.41) is 9.28. The lowest BCUT2D eigenvalue weighted by molar-refractivity contribution is -0.142. The van der Waals surface area contributed by atoms with E-state index in [2.05, 4.69) is 20.8 Å². The van der Waals surface area contributed by atoms with Gasteiger partial charge in [-0.15, -0.1) is 0 Å². The molecule has 5 heteroatoms. The van der Waals surface area contributed by atoms with Crippen LogP contribution >= 0.6 is 0 Å². The average Bonchev–Trinajstić information content (AvgIpc) is 2.50. The molecule has 0 radical (unpaired) electrons. The van der Waals surface area contributed by atoms with E-state index in [9.17, 15) is 14.7 Å². The molecule has 19 heavy (non-hydrogen) atoms. The minimum atomic E-state index is -0.889. The molecule has 1 N–H and O–H groups in total. The Morgan fingerprint density at radius 1 is 1.26 bits per heavy atom. The van der Waals surface area contributed by atoms with Gasteiger partial charge in [-0.05, 0) is 18.3 Å². The van der Waals surface area contributed by atoms with Crippen LogP contribution in [-0.2, 0) is 4.79 Å². The number of carbonyl (C=O) groups is 2. The van der Waals surface area contributed by atoms with Crippen molar-refractivity contribution in [2.75, 3.05) is 20.1 Å². The zero-order chi connectivity index (χ0) is 14.6. The first-order chi connectivity index (χ1) is 8.72. The molecule has 1 unspecified atom stereocenters. The van der Waals surface area contributed by atoms with Crippen molar-refractivity contribution in [1.82, 2.24) is 9.80 Å². The van der Waals surface area contributed by atoms with Gasteiger partial charge in [0.1, 0.15) is 6.04 Å². The summed E-state index contributed by atoms with van der Waals surface area (Å²) in [5.74, 6) is -0.889. The van der Waals surface area contributed by atoms with Crippen LogP contribution in [0.3, 0.4) is 0 Å². The molecular weight excluding hydrogens is 244 g/mol. The molecule has 1 rings (SSSR count). The normalized spacial score (nSPS) is 20.8. The highest BCUT2D eigenvalue weighted by Gasteiger charge is 2.33. The summed E-state index contributed by atoms with van der Waals surface area (Å²) in [4.78, 5) is 26.9. The van der Waals surface area contributed by atoms with Crippen molar-refractivity contribution in [3.63, 3.8) is 0 Å². The van der Waals surface area contributed by atoms with Crippen LogP contribution in [0, 0.1) is 5.41 Å². The molecule has 1 saturated heterocycles. The van der Waals surface area contributed by atoms with Crippen LogP contribution in [0.5, 0.6) is 0 Å². The quantitative estimate of drug-likeness (QED) is 0.838. The van der Waals surface area contributed by atoms with Crippen LogP contribution in [0.25, 0.3) is 0 Å².